The molecular formula is C15H13F2N7. The van der Waals surface area contributed by atoms with Crippen molar-refractivity contribution in [2.45, 2.75) is 13.0 Å². The van der Waals surface area contributed by atoms with Gasteiger partial charge >= 0.3 is 0 Å². The van der Waals surface area contributed by atoms with Crippen molar-refractivity contribution in [3.05, 3.63) is 48.0 Å². The van der Waals surface area contributed by atoms with Crippen LogP contribution in [0.5, 0.6) is 0 Å². The third-order valence-electron chi connectivity index (χ3n) is 3.79. The Morgan fingerprint density at radius 3 is 2.75 bits per heavy atom. The highest BCUT2D eigenvalue weighted by Gasteiger charge is 2.17. The number of benzene rings is 1. The molecule has 0 bridgehead atoms. The zero-order valence-corrected chi connectivity index (χ0v) is 12.7. The number of nitrogens with one attached hydrogen (secondary N) is 1. The second-order valence-corrected chi connectivity index (χ2v) is 5.28. The minimum absolute atomic E-state index is 0.276. The van der Waals surface area contributed by atoms with Gasteiger partial charge in [0.1, 0.15) is 11.6 Å². The maximum atomic E-state index is 12.9. The Morgan fingerprint density at radius 1 is 1.12 bits per heavy atom. The number of hydrogen-bond donors (Lipinski definition) is 1. The van der Waals surface area contributed by atoms with Crippen molar-refractivity contribution in [2.24, 2.45) is 7.05 Å². The van der Waals surface area contributed by atoms with E-state index in [2.05, 4.69) is 25.6 Å². The molecule has 0 aliphatic carbocycles. The molecule has 0 spiro atoms. The quantitative estimate of drug-likeness (QED) is 0.623. The number of halogens is 2. The predicted molar refractivity (Wildman–Crippen MR) is 83.8 cm³/mol. The first-order valence-corrected chi connectivity index (χ1v) is 7.28. The van der Waals surface area contributed by atoms with E-state index in [-0.39, 0.29) is 5.65 Å². The van der Waals surface area contributed by atoms with Crippen molar-refractivity contribution in [1.82, 2.24) is 29.4 Å². The summed E-state index contributed by atoms with van der Waals surface area (Å²) < 4.78 is 28.8. The summed E-state index contributed by atoms with van der Waals surface area (Å²) >= 11 is 0. The molecule has 7 nitrogen and oxygen atoms in total. The number of hydrogen-bond acceptors (Lipinski definition) is 5. The highest BCUT2D eigenvalue weighted by molar-refractivity contribution is 5.75. The Kier molecular flexibility index (Phi) is 3.33. The molecule has 0 radical (unpaired) electrons. The molecule has 0 amide bonds. The van der Waals surface area contributed by atoms with Gasteiger partial charge in [0.05, 0.1) is 17.6 Å². The first-order chi connectivity index (χ1) is 11.6. The Balaban J connectivity index is 1.62. The minimum Gasteiger partial charge on any atom is -0.361 e. The van der Waals surface area contributed by atoms with Gasteiger partial charge < -0.3 is 9.88 Å². The number of fused-ring (bicyclic) bond motifs is 2. The molecule has 0 saturated heterocycles. The number of imidazole rings is 1. The van der Waals surface area contributed by atoms with E-state index in [9.17, 15) is 8.78 Å². The molecule has 0 aliphatic heterocycles. The van der Waals surface area contributed by atoms with E-state index in [4.69, 9.17) is 0 Å². The molecule has 0 aliphatic rings. The molecule has 0 unspecified atom stereocenters. The van der Waals surface area contributed by atoms with Crippen LogP contribution in [0.1, 0.15) is 18.1 Å². The van der Waals surface area contributed by atoms with Crippen LogP contribution in [-0.2, 0) is 13.6 Å². The minimum atomic E-state index is -2.73. The molecule has 1 N–H and O–H groups in total. The fourth-order valence-corrected chi connectivity index (χ4v) is 2.56. The molecule has 1 aromatic carbocycles. The van der Waals surface area contributed by atoms with Gasteiger partial charge in [-0.15, -0.1) is 15.3 Å². The van der Waals surface area contributed by atoms with Gasteiger partial charge in [0, 0.05) is 7.05 Å². The molecule has 24 heavy (non-hydrogen) atoms. The molecule has 4 aromatic rings. The number of aromatic nitrogens is 6. The summed E-state index contributed by atoms with van der Waals surface area (Å²) in [4.78, 5) is 4.55. The van der Waals surface area contributed by atoms with Gasteiger partial charge in [-0.3, -0.25) is 0 Å². The van der Waals surface area contributed by atoms with Crippen molar-refractivity contribution in [3.8, 4) is 0 Å². The lowest BCUT2D eigenvalue weighted by Gasteiger charge is -2.06. The van der Waals surface area contributed by atoms with Crippen LogP contribution in [0.3, 0.4) is 0 Å². The maximum Gasteiger partial charge on any atom is 0.299 e. The monoisotopic (exact) mass is 329 g/mol. The Hall–Kier alpha value is -3.10. The number of anilines is 1. The summed E-state index contributed by atoms with van der Waals surface area (Å²) in [7, 11) is 1.93. The second kappa shape index (κ2) is 5.52. The van der Waals surface area contributed by atoms with Crippen LogP contribution in [0.2, 0.25) is 0 Å². The smallest absolute Gasteiger partial charge is 0.299 e. The van der Waals surface area contributed by atoms with E-state index in [1.807, 2.05) is 35.9 Å². The van der Waals surface area contributed by atoms with Crippen LogP contribution in [0, 0.1) is 0 Å². The van der Waals surface area contributed by atoms with Gasteiger partial charge in [0.25, 0.3) is 6.43 Å². The SMILES string of the molecule is Cn1c(CNc2ccc3nnc(C(F)F)n3n2)nc2ccccc21. The van der Waals surface area contributed by atoms with E-state index < -0.39 is 12.2 Å². The van der Waals surface area contributed by atoms with Crippen LogP contribution in [0.4, 0.5) is 14.6 Å². The average Bonchev–Trinajstić information content (AvgIpc) is 3.14. The van der Waals surface area contributed by atoms with E-state index >= 15 is 0 Å². The van der Waals surface area contributed by atoms with Crippen molar-refractivity contribution in [3.63, 3.8) is 0 Å². The summed E-state index contributed by atoms with van der Waals surface area (Å²) in [5.41, 5.74) is 2.20. The number of alkyl halides is 2. The summed E-state index contributed by atoms with van der Waals surface area (Å²) in [5.74, 6) is 0.781. The van der Waals surface area contributed by atoms with Gasteiger partial charge in [0.2, 0.25) is 5.82 Å². The number of rotatable bonds is 4. The third kappa shape index (κ3) is 2.34. The molecule has 3 heterocycles. The molecule has 4 rings (SSSR count). The van der Waals surface area contributed by atoms with E-state index in [1.165, 1.54) is 0 Å². The molecule has 122 valence electrons. The van der Waals surface area contributed by atoms with E-state index in [1.54, 1.807) is 12.1 Å². The maximum absolute atomic E-state index is 12.9. The number of nitrogens with zero attached hydrogens (tertiary/aromatic N) is 6. The van der Waals surface area contributed by atoms with E-state index in [0.717, 1.165) is 21.4 Å². The fraction of sp³-hybridized carbons (Fsp3) is 0.200. The molecule has 0 atom stereocenters. The van der Waals surface area contributed by atoms with Crippen molar-refractivity contribution < 1.29 is 8.78 Å². The molecule has 9 heteroatoms. The standard InChI is InChI=1S/C15H13F2N7/c1-23-10-5-3-2-4-9(10)19-13(23)8-18-11-6-7-12-20-21-15(14(16)17)24(12)22-11/h2-7,14H,8H2,1H3,(H,18,22). The highest BCUT2D eigenvalue weighted by Crippen LogP contribution is 2.18. The second-order valence-electron chi connectivity index (χ2n) is 5.28. The third-order valence-corrected chi connectivity index (χ3v) is 3.79. The normalized spacial score (nSPS) is 11.7. The lowest BCUT2D eigenvalue weighted by molar-refractivity contribution is 0.137. The van der Waals surface area contributed by atoms with Crippen LogP contribution in [0.15, 0.2) is 36.4 Å². The van der Waals surface area contributed by atoms with Gasteiger partial charge in [-0.05, 0) is 24.3 Å². The van der Waals surface area contributed by atoms with Gasteiger partial charge in [0.15, 0.2) is 5.65 Å². The van der Waals surface area contributed by atoms with Gasteiger partial charge in [-0.1, -0.05) is 12.1 Å². The van der Waals surface area contributed by atoms with Gasteiger partial charge in [-0.25, -0.2) is 13.8 Å². The highest BCUT2D eigenvalue weighted by atomic mass is 19.3. The Labute approximate surface area is 134 Å². The first-order valence-electron chi connectivity index (χ1n) is 7.28. The predicted octanol–water partition coefficient (Wildman–Crippen LogP) is 2.56. The number of aryl methyl sites for hydroxylation is 1. The first kappa shape index (κ1) is 14.5. The summed E-state index contributed by atoms with van der Waals surface area (Å²) in [6.45, 7) is 0.413. The van der Waals surface area contributed by atoms with Crippen LogP contribution in [0.25, 0.3) is 16.7 Å². The number of para-hydroxylation sites is 2. The zero-order valence-electron chi connectivity index (χ0n) is 12.7. The molecular weight excluding hydrogens is 316 g/mol. The van der Waals surface area contributed by atoms with Crippen LogP contribution in [-0.4, -0.2) is 29.4 Å². The summed E-state index contributed by atoms with van der Waals surface area (Å²) in [6.07, 6.45) is -2.73. The topological polar surface area (TPSA) is 72.9 Å². The van der Waals surface area contributed by atoms with Crippen molar-refractivity contribution in [2.75, 3.05) is 5.32 Å². The Bertz CT molecular complexity index is 1020. The Morgan fingerprint density at radius 2 is 1.96 bits per heavy atom. The van der Waals surface area contributed by atoms with Crippen LogP contribution < -0.4 is 5.32 Å². The van der Waals surface area contributed by atoms with Crippen LogP contribution >= 0.6 is 0 Å². The summed E-state index contributed by atoms with van der Waals surface area (Å²) in [5, 5.41) is 14.3. The van der Waals surface area contributed by atoms with Crippen molar-refractivity contribution >= 4 is 22.5 Å². The molecule has 0 saturated carbocycles. The van der Waals surface area contributed by atoms with E-state index in [0.29, 0.717) is 12.4 Å². The lowest BCUT2D eigenvalue weighted by atomic mass is 10.3. The summed E-state index contributed by atoms with van der Waals surface area (Å²) in [6, 6.07) is 11.1. The molecule has 3 aromatic heterocycles. The fourth-order valence-electron chi connectivity index (χ4n) is 2.56. The lowest BCUT2D eigenvalue weighted by Crippen LogP contribution is -2.09. The largest absolute Gasteiger partial charge is 0.361 e. The average molecular weight is 329 g/mol. The molecule has 0 fully saturated rings. The van der Waals surface area contributed by atoms with Gasteiger partial charge in [-0.2, -0.15) is 4.52 Å². The zero-order chi connectivity index (χ0) is 16.7. The van der Waals surface area contributed by atoms with Crippen molar-refractivity contribution in [1.29, 1.82) is 0 Å².